The van der Waals surface area contributed by atoms with Crippen LogP contribution in [-0.4, -0.2) is 38.6 Å². The van der Waals surface area contributed by atoms with Crippen LogP contribution in [0, 0.1) is 5.92 Å². The van der Waals surface area contributed by atoms with Crippen molar-refractivity contribution in [3.05, 3.63) is 29.8 Å². The zero-order valence-electron chi connectivity index (χ0n) is 11.3. The number of hydrogen-bond acceptors (Lipinski definition) is 6. The summed E-state index contributed by atoms with van der Waals surface area (Å²) < 4.78 is 19.8. The number of methoxy groups -OCH3 is 1. The van der Waals surface area contributed by atoms with E-state index in [4.69, 9.17) is 18.9 Å². The molecule has 0 saturated carbocycles. The molecule has 6 heteroatoms. The quantitative estimate of drug-likeness (QED) is 0.786. The van der Waals surface area contributed by atoms with Gasteiger partial charge in [0.2, 0.25) is 0 Å². The first kappa shape index (κ1) is 14.2. The van der Waals surface area contributed by atoms with Crippen LogP contribution in [0.15, 0.2) is 24.3 Å². The molecule has 0 bridgehead atoms. The molecule has 20 heavy (non-hydrogen) atoms. The third kappa shape index (κ3) is 3.40. The Morgan fingerprint density at radius 2 is 2.05 bits per heavy atom. The van der Waals surface area contributed by atoms with Crippen LogP contribution in [-0.2, 0) is 14.2 Å². The summed E-state index contributed by atoms with van der Waals surface area (Å²) in [6.45, 7) is 2.14. The molecule has 108 valence electrons. The molecule has 0 aromatic heterocycles. The highest BCUT2D eigenvalue weighted by atomic mass is 16.7. The van der Waals surface area contributed by atoms with Crippen LogP contribution in [0.4, 0.5) is 4.79 Å². The fraction of sp³-hybridized carbons (Fsp3) is 0.429. The van der Waals surface area contributed by atoms with E-state index in [2.05, 4.69) is 0 Å². The van der Waals surface area contributed by atoms with Gasteiger partial charge in [0.25, 0.3) is 0 Å². The maximum Gasteiger partial charge on any atom is 0.508 e. The summed E-state index contributed by atoms with van der Waals surface area (Å²) in [5.74, 6) is 0.173. The molecule has 0 radical (unpaired) electrons. The maximum absolute atomic E-state index is 11.8. The molecule has 0 N–H and O–H groups in total. The van der Waals surface area contributed by atoms with E-state index in [-0.39, 0.29) is 19.1 Å². The minimum absolute atomic E-state index is 0.0150. The highest BCUT2D eigenvalue weighted by molar-refractivity contribution is 5.89. The molecule has 1 saturated heterocycles. The molecule has 1 aliphatic rings. The minimum Gasteiger partial charge on any atom is -0.497 e. The standard InChI is InChI=1S/C14H16O6/c1-9-7-19-14(16)20-12(9)8-18-13(15)10-3-5-11(17-2)6-4-10/h3-6,9,12H,7-8H2,1-2H3. The summed E-state index contributed by atoms with van der Waals surface area (Å²) in [6.07, 6.45) is -1.20. The van der Waals surface area contributed by atoms with Crippen LogP contribution < -0.4 is 4.74 Å². The molecule has 6 nitrogen and oxygen atoms in total. The number of ether oxygens (including phenoxy) is 4. The summed E-state index contributed by atoms with van der Waals surface area (Å²) >= 11 is 0. The van der Waals surface area contributed by atoms with E-state index in [0.717, 1.165) is 0 Å². The minimum atomic E-state index is -0.728. The molecular formula is C14H16O6. The topological polar surface area (TPSA) is 71.1 Å². The van der Waals surface area contributed by atoms with Crippen molar-refractivity contribution in [2.24, 2.45) is 5.92 Å². The molecular weight excluding hydrogens is 264 g/mol. The lowest BCUT2D eigenvalue weighted by molar-refractivity contribution is -0.0754. The molecule has 2 atom stereocenters. The maximum atomic E-state index is 11.8. The third-order valence-electron chi connectivity index (χ3n) is 3.05. The van der Waals surface area contributed by atoms with Gasteiger partial charge in [-0.15, -0.1) is 0 Å². The van der Waals surface area contributed by atoms with Crippen LogP contribution in [0.25, 0.3) is 0 Å². The number of hydrogen-bond donors (Lipinski definition) is 0. The third-order valence-corrected chi connectivity index (χ3v) is 3.05. The van der Waals surface area contributed by atoms with Crippen molar-refractivity contribution >= 4 is 12.1 Å². The Labute approximate surface area is 116 Å². The van der Waals surface area contributed by atoms with Gasteiger partial charge in [0.15, 0.2) is 0 Å². The molecule has 2 rings (SSSR count). The number of rotatable bonds is 4. The Hall–Kier alpha value is -2.24. The molecule has 1 aromatic carbocycles. The van der Waals surface area contributed by atoms with E-state index >= 15 is 0 Å². The Morgan fingerprint density at radius 3 is 2.70 bits per heavy atom. The summed E-state index contributed by atoms with van der Waals surface area (Å²) in [7, 11) is 1.55. The average Bonchev–Trinajstić information content (AvgIpc) is 2.48. The molecule has 1 aromatic rings. The van der Waals surface area contributed by atoms with Crippen molar-refractivity contribution in [2.45, 2.75) is 13.0 Å². The molecule has 0 aliphatic carbocycles. The van der Waals surface area contributed by atoms with Crippen LogP contribution in [0.5, 0.6) is 5.75 Å². The van der Waals surface area contributed by atoms with Crippen molar-refractivity contribution in [1.82, 2.24) is 0 Å². The zero-order valence-corrected chi connectivity index (χ0v) is 11.3. The van der Waals surface area contributed by atoms with Gasteiger partial charge in [-0.2, -0.15) is 0 Å². The van der Waals surface area contributed by atoms with Gasteiger partial charge in [0, 0.05) is 5.92 Å². The van der Waals surface area contributed by atoms with Crippen molar-refractivity contribution in [1.29, 1.82) is 0 Å². The van der Waals surface area contributed by atoms with Gasteiger partial charge in [-0.25, -0.2) is 9.59 Å². The Morgan fingerprint density at radius 1 is 1.35 bits per heavy atom. The summed E-state index contributed by atoms with van der Waals surface area (Å²) in [4.78, 5) is 22.8. The molecule has 0 amide bonds. The summed E-state index contributed by atoms with van der Waals surface area (Å²) in [6, 6.07) is 6.57. The van der Waals surface area contributed by atoms with E-state index in [1.54, 1.807) is 31.4 Å². The number of carbonyl (C=O) groups is 2. The van der Waals surface area contributed by atoms with Crippen LogP contribution in [0.2, 0.25) is 0 Å². The lowest BCUT2D eigenvalue weighted by Crippen LogP contribution is -2.38. The van der Waals surface area contributed by atoms with E-state index in [1.807, 2.05) is 6.92 Å². The van der Waals surface area contributed by atoms with Crippen molar-refractivity contribution < 1.29 is 28.5 Å². The first-order chi connectivity index (χ1) is 9.60. The van der Waals surface area contributed by atoms with E-state index in [0.29, 0.717) is 11.3 Å². The molecule has 1 fully saturated rings. The SMILES string of the molecule is COc1ccc(C(=O)OCC2OC(=O)OCC2C)cc1. The monoisotopic (exact) mass is 280 g/mol. The second-order valence-electron chi connectivity index (χ2n) is 4.52. The number of carbonyl (C=O) groups excluding carboxylic acids is 2. The smallest absolute Gasteiger partial charge is 0.497 e. The Balaban J connectivity index is 1.89. The second kappa shape index (κ2) is 6.27. The lowest BCUT2D eigenvalue weighted by atomic mass is 10.1. The average molecular weight is 280 g/mol. The Kier molecular flexibility index (Phi) is 4.45. The number of cyclic esters (lactones) is 2. The van der Waals surface area contributed by atoms with Gasteiger partial charge < -0.3 is 18.9 Å². The zero-order chi connectivity index (χ0) is 14.5. The Bertz CT molecular complexity index is 481. The van der Waals surface area contributed by atoms with Crippen LogP contribution in [0.1, 0.15) is 17.3 Å². The second-order valence-corrected chi connectivity index (χ2v) is 4.52. The summed E-state index contributed by atoms with van der Waals surface area (Å²) in [5, 5.41) is 0. The van der Waals surface area contributed by atoms with Gasteiger partial charge >= 0.3 is 12.1 Å². The normalized spacial score (nSPS) is 21.6. The van der Waals surface area contributed by atoms with Gasteiger partial charge in [-0.3, -0.25) is 0 Å². The first-order valence-electron chi connectivity index (χ1n) is 6.24. The molecule has 1 aliphatic heterocycles. The van der Waals surface area contributed by atoms with Crippen LogP contribution >= 0.6 is 0 Å². The predicted molar refractivity (Wildman–Crippen MR) is 68.7 cm³/mol. The van der Waals surface area contributed by atoms with E-state index in [1.165, 1.54) is 0 Å². The molecule has 1 heterocycles. The van der Waals surface area contributed by atoms with Gasteiger partial charge in [0.05, 0.1) is 12.7 Å². The molecule has 0 spiro atoms. The summed E-state index contributed by atoms with van der Waals surface area (Å²) in [5.41, 5.74) is 0.414. The number of esters is 1. The van der Waals surface area contributed by atoms with Gasteiger partial charge in [0.1, 0.15) is 25.1 Å². The van der Waals surface area contributed by atoms with Crippen molar-refractivity contribution in [3.8, 4) is 5.75 Å². The highest BCUT2D eigenvalue weighted by Gasteiger charge is 2.30. The van der Waals surface area contributed by atoms with Gasteiger partial charge in [-0.05, 0) is 24.3 Å². The fourth-order valence-corrected chi connectivity index (χ4v) is 1.75. The predicted octanol–water partition coefficient (Wildman–Crippen LogP) is 2.02. The molecule has 2 unspecified atom stereocenters. The highest BCUT2D eigenvalue weighted by Crippen LogP contribution is 2.17. The van der Waals surface area contributed by atoms with E-state index < -0.39 is 18.2 Å². The fourth-order valence-electron chi connectivity index (χ4n) is 1.75. The first-order valence-corrected chi connectivity index (χ1v) is 6.24. The number of benzene rings is 1. The largest absolute Gasteiger partial charge is 0.508 e. The van der Waals surface area contributed by atoms with E-state index in [9.17, 15) is 9.59 Å². The lowest BCUT2D eigenvalue weighted by Gasteiger charge is -2.27. The van der Waals surface area contributed by atoms with Crippen molar-refractivity contribution in [2.75, 3.05) is 20.3 Å². The van der Waals surface area contributed by atoms with Crippen molar-refractivity contribution in [3.63, 3.8) is 0 Å². The van der Waals surface area contributed by atoms with Gasteiger partial charge in [-0.1, -0.05) is 6.92 Å². The van der Waals surface area contributed by atoms with Crippen LogP contribution in [0.3, 0.4) is 0 Å².